The molecule has 0 saturated heterocycles. The van der Waals surface area contributed by atoms with Gasteiger partial charge < -0.3 is 15.8 Å². The molecule has 0 spiro atoms. The fourth-order valence-electron chi connectivity index (χ4n) is 2.98. The third-order valence-electron chi connectivity index (χ3n) is 4.48. The number of nitrogens with one attached hydrogen (secondary N) is 2. The molecule has 0 bridgehead atoms. The number of carbonyl (C=O) groups is 2. The minimum absolute atomic E-state index is 0.120. The Morgan fingerprint density at radius 2 is 1.96 bits per heavy atom. The number of ether oxygens (including phenoxy) is 1. The SMILES string of the molecule is COc1cccc(C(CCC(N)=O)C(=O)Nc2ccc(-c3cn[nH]c3)cc2)c1. The summed E-state index contributed by atoms with van der Waals surface area (Å²) in [6.07, 6.45) is 3.97. The predicted molar refractivity (Wildman–Crippen MR) is 107 cm³/mol. The van der Waals surface area contributed by atoms with Crippen molar-refractivity contribution in [3.05, 3.63) is 66.5 Å². The van der Waals surface area contributed by atoms with Crippen molar-refractivity contribution in [3.63, 3.8) is 0 Å². The summed E-state index contributed by atoms with van der Waals surface area (Å²) in [5, 5.41) is 9.62. The highest BCUT2D eigenvalue weighted by Gasteiger charge is 2.22. The smallest absolute Gasteiger partial charge is 0.231 e. The van der Waals surface area contributed by atoms with Gasteiger partial charge in [0.2, 0.25) is 11.8 Å². The Kier molecular flexibility index (Phi) is 6.06. The minimum atomic E-state index is -0.517. The normalized spacial score (nSPS) is 11.6. The Morgan fingerprint density at radius 3 is 2.61 bits per heavy atom. The Balaban J connectivity index is 1.77. The molecule has 28 heavy (non-hydrogen) atoms. The molecular weight excluding hydrogens is 356 g/mol. The average Bonchev–Trinajstić information content (AvgIpc) is 3.23. The molecule has 1 aromatic heterocycles. The van der Waals surface area contributed by atoms with Crippen molar-refractivity contribution in [1.82, 2.24) is 10.2 Å². The van der Waals surface area contributed by atoms with Crippen molar-refractivity contribution in [2.45, 2.75) is 18.8 Å². The van der Waals surface area contributed by atoms with Crippen LogP contribution in [0.1, 0.15) is 24.3 Å². The zero-order valence-electron chi connectivity index (χ0n) is 15.5. The van der Waals surface area contributed by atoms with Crippen LogP contribution in [0, 0.1) is 0 Å². The molecule has 0 radical (unpaired) electrons. The van der Waals surface area contributed by atoms with Gasteiger partial charge in [0.05, 0.1) is 19.2 Å². The molecule has 7 nitrogen and oxygen atoms in total. The lowest BCUT2D eigenvalue weighted by Gasteiger charge is -2.17. The third-order valence-corrected chi connectivity index (χ3v) is 4.48. The highest BCUT2D eigenvalue weighted by molar-refractivity contribution is 5.96. The zero-order chi connectivity index (χ0) is 19.9. The molecule has 1 heterocycles. The molecule has 1 unspecified atom stereocenters. The number of aromatic nitrogens is 2. The first-order chi connectivity index (χ1) is 13.6. The second kappa shape index (κ2) is 8.85. The van der Waals surface area contributed by atoms with Gasteiger partial charge in [0, 0.05) is 23.9 Å². The van der Waals surface area contributed by atoms with Crippen molar-refractivity contribution in [1.29, 1.82) is 0 Å². The van der Waals surface area contributed by atoms with Crippen LogP contribution >= 0.6 is 0 Å². The molecule has 2 aromatic carbocycles. The lowest BCUT2D eigenvalue weighted by Crippen LogP contribution is -2.23. The second-order valence-electron chi connectivity index (χ2n) is 6.39. The molecule has 7 heteroatoms. The standard InChI is InChI=1S/C21H22N4O3/c1-28-18-4-2-3-15(11-18)19(9-10-20(22)26)21(27)25-17-7-5-14(6-8-17)16-12-23-24-13-16/h2-8,11-13,19H,9-10H2,1H3,(H2,22,26)(H,23,24)(H,25,27). The van der Waals surface area contributed by atoms with Crippen molar-refractivity contribution in [3.8, 4) is 16.9 Å². The molecule has 3 rings (SSSR count). The number of nitrogens with two attached hydrogens (primary N) is 1. The highest BCUT2D eigenvalue weighted by atomic mass is 16.5. The predicted octanol–water partition coefficient (Wildman–Crippen LogP) is 3.07. The minimum Gasteiger partial charge on any atom is -0.497 e. The fraction of sp³-hybridized carbons (Fsp3) is 0.190. The number of H-pyrrole nitrogens is 1. The summed E-state index contributed by atoms with van der Waals surface area (Å²) in [6, 6.07) is 14.7. The van der Waals surface area contributed by atoms with Gasteiger partial charge in [0.25, 0.3) is 0 Å². The number of aromatic amines is 1. The van der Waals surface area contributed by atoms with Gasteiger partial charge in [-0.1, -0.05) is 24.3 Å². The van der Waals surface area contributed by atoms with Gasteiger partial charge >= 0.3 is 0 Å². The maximum Gasteiger partial charge on any atom is 0.231 e. The fourth-order valence-corrected chi connectivity index (χ4v) is 2.98. The van der Waals surface area contributed by atoms with Crippen LogP contribution in [0.15, 0.2) is 60.9 Å². The van der Waals surface area contributed by atoms with Crippen LogP contribution in [-0.2, 0) is 9.59 Å². The quantitative estimate of drug-likeness (QED) is 0.559. The van der Waals surface area contributed by atoms with E-state index < -0.39 is 11.8 Å². The number of carbonyl (C=O) groups excluding carboxylic acids is 2. The number of methoxy groups -OCH3 is 1. The largest absolute Gasteiger partial charge is 0.497 e. The molecule has 0 saturated carbocycles. The number of hydrogen-bond donors (Lipinski definition) is 3. The van der Waals surface area contributed by atoms with Gasteiger partial charge in [-0.15, -0.1) is 0 Å². The van der Waals surface area contributed by atoms with Crippen molar-refractivity contribution >= 4 is 17.5 Å². The Bertz CT molecular complexity index is 937. The van der Waals surface area contributed by atoms with Crippen molar-refractivity contribution < 1.29 is 14.3 Å². The molecule has 0 aliphatic heterocycles. The number of amides is 2. The summed E-state index contributed by atoms with van der Waals surface area (Å²) in [7, 11) is 1.57. The van der Waals surface area contributed by atoms with Crippen molar-refractivity contribution in [2.24, 2.45) is 5.73 Å². The van der Waals surface area contributed by atoms with Gasteiger partial charge in [0.15, 0.2) is 0 Å². The second-order valence-corrected chi connectivity index (χ2v) is 6.39. The molecule has 0 fully saturated rings. The van der Waals surface area contributed by atoms with Crippen LogP contribution in [-0.4, -0.2) is 29.1 Å². The highest BCUT2D eigenvalue weighted by Crippen LogP contribution is 2.27. The van der Waals surface area contributed by atoms with Crippen LogP contribution in [0.4, 0.5) is 5.69 Å². The molecule has 4 N–H and O–H groups in total. The van der Waals surface area contributed by atoms with E-state index in [4.69, 9.17) is 10.5 Å². The van der Waals surface area contributed by atoms with Crippen LogP contribution in [0.2, 0.25) is 0 Å². The number of anilines is 1. The van der Waals surface area contributed by atoms with Crippen LogP contribution in [0.3, 0.4) is 0 Å². The number of primary amides is 1. The molecule has 3 aromatic rings. The number of rotatable bonds is 8. The van der Waals surface area contributed by atoms with Gasteiger partial charge in [-0.3, -0.25) is 14.7 Å². The number of nitrogens with zero attached hydrogens (tertiary/aromatic N) is 1. The molecule has 2 amide bonds. The lowest BCUT2D eigenvalue weighted by molar-refractivity contribution is -0.119. The van der Waals surface area contributed by atoms with Gasteiger partial charge in [-0.25, -0.2) is 0 Å². The Morgan fingerprint density at radius 1 is 1.18 bits per heavy atom. The Labute approximate surface area is 162 Å². The van der Waals surface area contributed by atoms with Crippen molar-refractivity contribution in [2.75, 3.05) is 12.4 Å². The van der Waals surface area contributed by atoms with E-state index in [-0.39, 0.29) is 12.3 Å². The third kappa shape index (κ3) is 4.76. The topological polar surface area (TPSA) is 110 Å². The van der Waals surface area contributed by atoms with E-state index in [1.807, 2.05) is 36.4 Å². The summed E-state index contributed by atoms with van der Waals surface area (Å²) < 4.78 is 5.25. The summed E-state index contributed by atoms with van der Waals surface area (Å²) in [5.41, 5.74) is 8.69. The maximum absolute atomic E-state index is 12.9. The Hall–Kier alpha value is -3.61. The molecular formula is C21H22N4O3. The number of benzene rings is 2. The van der Waals surface area contributed by atoms with E-state index in [1.165, 1.54) is 0 Å². The number of hydrogen-bond acceptors (Lipinski definition) is 4. The molecule has 1 atom stereocenters. The average molecular weight is 378 g/mol. The van der Waals surface area contributed by atoms with E-state index in [9.17, 15) is 9.59 Å². The monoisotopic (exact) mass is 378 g/mol. The van der Waals surface area contributed by atoms with E-state index in [0.717, 1.165) is 16.7 Å². The van der Waals surface area contributed by atoms with Gasteiger partial charge in [-0.2, -0.15) is 5.10 Å². The summed E-state index contributed by atoms with van der Waals surface area (Å²) in [4.78, 5) is 24.2. The van der Waals surface area contributed by atoms with E-state index in [0.29, 0.717) is 17.9 Å². The summed E-state index contributed by atoms with van der Waals surface area (Å²) >= 11 is 0. The first-order valence-corrected chi connectivity index (χ1v) is 8.89. The summed E-state index contributed by atoms with van der Waals surface area (Å²) in [6.45, 7) is 0. The van der Waals surface area contributed by atoms with E-state index >= 15 is 0 Å². The van der Waals surface area contributed by atoms with Gasteiger partial charge in [-0.05, 0) is 41.8 Å². The molecule has 144 valence electrons. The first kappa shape index (κ1) is 19.2. The first-order valence-electron chi connectivity index (χ1n) is 8.89. The van der Waals surface area contributed by atoms with Gasteiger partial charge in [0.1, 0.15) is 5.75 Å². The zero-order valence-corrected chi connectivity index (χ0v) is 15.5. The van der Waals surface area contributed by atoms with Crippen LogP contribution < -0.4 is 15.8 Å². The lowest BCUT2D eigenvalue weighted by atomic mass is 9.92. The molecule has 0 aliphatic rings. The van der Waals surface area contributed by atoms with Crippen LogP contribution in [0.5, 0.6) is 5.75 Å². The maximum atomic E-state index is 12.9. The summed E-state index contributed by atoms with van der Waals surface area (Å²) in [5.74, 6) is -0.509. The van der Waals surface area contributed by atoms with E-state index in [1.54, 1.807) is 31.6 Å². The van der Waals surface area contributed by atoms with Crippen LogP contribution in [0.25, 0.3) is 11.1 Å². The molecule has 0 aliphatic carbocycles. The van der Waals surface area contributed by atoms with E-state index in [2.05, 4.69) is 15.5 Å².